The Morgan fingerprint density at radius 3 is 2.71 bits per heavy atom. The van der Waals surface area contributed by atoms with E-state index in [9.17, 15) is 0 Å². The van der Waals surface area contributed by atoms with E-state index in [0.717, 1.165) is 42.9 Å². The van der Waals surface area contributed by atoms with Gasteiger partial charge in [0.25, 0.3) is 0 Å². The molecule has 4 nitrogen and oxygen atoms in total. The molecule has 1 unspecified atom stereocenters. The second kappa shape index (κ2) is 7.84. The van der Waals surface area contributed by atoms with E-state index in [2.05, 4.69) is 46.5 Å². The van der Waals surface area contributed by atoms with Crippen molar-refractivity contribution in [2.75, 3.05) is 6.54 Å². The van der Waals surface area contributed by atoms with E-state index in [0.29, 0.717) is 0 Å². The molecule has 1 atom stereocenters. The quantitative estimate of drug-likeness (QED) is 0.849. The summed E-state index contributed by atoms with van der Waals surface area (Å²) < 4.78 is 0. The third kappa shape index (κ3) is 4.33. The van der Waals surface area contributed by atoms with Crippen molar-refractivity contribution in [1.29, 1.82) is 0 Å². The van der Waals surface area contributed by atoms with Crippen LogP contribution < -0.4 is 5.32 Å². The van der Waals surface area contributed by atoms with E-state index in [-0.39, 0.29) is 6.04 Å². The Kier molecular flexibility index (Phi) is 5.81. The molecule has 2 aromatic heterocycles. The first-order valence-corrected chi connectivity index (χ1v) is 7.71. The number of rotatable bonds is 7. The zero-order valence-corrected chi connectivity index (χ0v) is 13.1. The van der Waals surface area contributed by atoms with Gasteiger partial charge in [-0.3, -0.25) is 4.98 Å². The van der Waals surface area contributed by atoms with Gasteiger partial charge in [0.05, 0.1) is 11.4 Å². The highest BCUT2D eigenvalue weighted by atomic mass is 15.1. The first kappa shape index (κ1) is 15.6. The molecular formula is C17H24N4. The van der Waals surface area contributed by atoms with Crippen molar-refractivity contribution in [2.45, 2.75) is 46.1 Å². The van der Waals surface area contributed by atoms with Crippen molar-refractivity contribution in [1.82, 2.24) is 20.5 Å². The van der Waals surface area contributed by atoms with Gasteiger partial charge in [0.1, 0.15) is 0 Å². The largest absolute Gasteiger partial charge is 0.310 e. The molecule has 0 bridgehead atoms. The van der Waals surface area contributed by atoms with Crippen LogP contribution in [0.3, 0.4) is 0 Å². The number of nitrogens with zero attached hydrogens (tertiary/aromatic N) is 3. The molecule has 112 valence electrons. The van der Waals surface area contributed by atoms with Crippen molar-refractivity contribution in [3.05, 3.63) is 53.1 Å². The molecule has 0 aliphatic rings. The highest BCUT2D eigenvalue weighted by molar-refractivity contribution is 5.26. The standard InChI is InChI=1S/C17H24N4/c1-4-9-19-17(12-14-8-6-7-10-18-14)15-11-13(3)20-21-16(15)5-2/h6-8,10-11,17,19H,4-5,9,12H2,1-3H3. The molecule has 2 heterocycles. The van der Waals surface area contributed by atoms with Crippen LogP contribution in [0, 0.1) is 6.92 Å². The Bertz CT molecular complexity index is 554. The van der Waals surface area contributed by atoms with Gasteiger partial charge in [-0.15, -0.1) is 0 Å². The summed E-state index contributed by atoms with van der Waals surface area (Å²) in [6.45, 7) is 7.29. The highest BCUT2D eigenvalue weighted by Crippen LogP contribution is 2.21. The van der Waals surface area contributed by atoms with Gasteiger partial charge < -0.3 is 5.32 Å². The number of hydrogen-bond acceptors (Lipinski definition) is 4. The number of pyridine rings is 1. The Balaban J connectivity index is 2.28. The fraction of sp³-hybridized carbons (Fsp3) is 0.471. The monoisotopic (exact) mass is 284 g/mol. The second-order valence-electron chi connectivity index (χ2n) is 5.27. The zero-order chi connectivity index (χ0) is 15.1. The van der Waals surface area contributed by atoms with Gasteiger partial charge in [-0.2, -0.15) is 10.2 Å². The van der Waals surface area contributed by atoms with E-state index in [1.165, 1.54) is 5.56 Å². The van der Waals surface area contributed by atoms with Crippen molar-refractivity contribution in [3.63, 3.8) is 0 Å². The van der Waals surface area contributed by atoms with Crippen molar-refractivity contribution in [2.24, 2.45) is 0 Å². The molecule has 0 saturated heterocycles. The van der Waals surface area contributed by atoms with Gasteiger partial charge in [0, 0.05) is 24.4 Å². The smallest absolute Gasteiger partial charge is 0.0676 e. The Hall–Kier alpha value is -1.81. The summed E-state index contributed by atoms with van der Waals surface area (Å²) in [6, 6.07) is 8.46. The molecule has 0 aromatic carbocycles. The van der Waals surface area contributed by atoms with E-state index < -0.39 is 0 Å². The molecule has 2 aromatic rings. The zero-order valence-electron chi connectivity index (χ0n) is 13.1. The fourth-order valence-electron chi connectivity index (χ4n) is 2.45. The minimum atomic E-state index is 0.240. The van der Waals surface area contributed by atoms with E-state index in [1.54, 1.807) is 0 Å². The fourth-order valence-corrected chi connectivity index (χ4v) is 2.45. The molecule has 0 saturated carbocycles. The third-order valence-corrected chi connectivity index (χ3v) is 3.52. The van der Waals surface area contributed by atoms with Crippen LogP contribution in [0.4, 0.5) is 0 Å². The lowest BCUT2D eigenvalue weighted by atomic mass is 9.98. The molecular weight excluding hydrogens is 260 g/mol. The molecule has 21 heavy (non-hydrogen) atoms. The molecule has 0 amide bonds. The summed E-state index contributed by atoms with van der Waals surface area (Å²) in [5.41, 5.74) is 4.39. The van der Waals surface area contributed by atoms with Gasteiger partial charge in [-0.1, -0.05) is 19.9 Å². The van der Waals surface area contributed by atoms with Gasteiger partial charge in [0.15, 0.2) is 0 Å². The maximum Gasteiger partial charge on any atom is 0.0676 e. The van der Waals surface area contributed by atoms with Crippen LogP contribution in [0.25, 0.3) is 0 Å². The average molecular weight is 284 g/mol. The summed E-state index contributed by atoms with van der Waals surface area (Å²) in [5.74, 6) is 0. The highest BCUT2D eigenvalue weighted by Gasteiger charge is 2.17. The predicted molar refractivity (Wildman–Crippen MR) is 85.1 cm³/mol. The van der Waals surface area contributed by atoms with Crippen molar-refractivity contribution < 1.29 is 0 Å². The van der Waals surface area contributed by atoms with Crippen molar-refractivity contribution in [3.8, 4) is 0 Å². The maximum atomic E-state index is 4.45. The number of hydrogen-bond donors (Lipinski definition) is 1. The SMILES string of the molecule is CCCNC(Cc1ccccn1)c1cc(C)nnc1CC. The number of nitrogens with one attached hydrogen (secondary N) is 1. The first-order valence-electron chi connectivity index (χ1n) is 7.71. The third-order valence-electron chi connectivity index (χ3n) is 3.52. The van der Waals surface area contributed by atoms with Crippen LogP contribution in [0.5, 0.6) is 0 Å². The summed E-state index contributed by atoms with van der Waals surface area (Å²) >= 11 is 0. The van der Waals surface area contributed by atoms with Gasteiger partial charge in [0.2, 0.25) is 0 Å². The van der Waals surface area contributed by atoms with Crippen LogP contribution in [-0.2, 0) is 12.8 Å². The van der Waals surface area contributed by atoms with Crippen LogP contribution >= 0.6 is 0 Å². The summed E-state index contributed by atoms with van der Waals surface area (Å²) in [6.07, 6.45) is 4.73. The average Bonchev–Trinajstić information content (AvgIpc) is 2.52. The van der Waals surface area contributed by atoms with Gasteiger partial charge in [-0.25, -0.2) is 0 Å². The van der Waals surface area contributed by atoms with Crippen molar-refractivity contribution >= 4 is 0 Å². The van der Waals surface area contributed by atoms with Crippen LogP contribution in [0.15, 0.2) is 30.5 Å². The molecule has 2 rings (SSSR count). The predicted octanol–water partition coefficient (Wildman–Crippen LogP) is 3.03. The lowest BCUT2D eigenvalue weighted by Crippen LogP contribution is -2.26. The second-order valence-corrected chi connectivity index (χ2v) is 5.27. The Labute approximate surface area is 127 Å². The van der Waals surface area contributed by atoms with Crippen LogP contribution in [-0.4, -0.2) is 21.7 Å². The van der Waals surface area contributed by atoms with E-state index in [1.807, 2.05) is 25.3 Å². The summed E-state index contributed by atoms with van der Waals surface area (Å²) in [5, 5.41) is 12.2. The molecule has 0 radical (unpaired) electrons. The lowest BCUT2D eigenvalue weighted by Gasteiger charge is -2.21. The summed E-state index contributed by atoms with van der Waals surface area (Å²) in [7, 11) is 0. The van der Waals surface area contributed by atoms with Crippen LogP contribution in [0.2, 0.25) is 0 Å². The van der Waals surface area contributed by atoms with E-state index in [4.69, 9.17) is 0 Å². The Morgan fingerprint density at radius 1 is 1.19 bits per heavy atom. The number of aryl methyl sites for hydroxylation is 2. The van der Waals surface area contributed by atoms with Gasteiger partial charge in [-0.05, 0) is 50.1 Å². The van der Waals surface area contributed by atoms with Gasteiger partial charge >= 0.3 is 0 Å². The normalized spacial score (nSPS) is 12.3. The minimum absolute atomic E-state index is 0.240. The molecule has 1 N–H and O–H groups in total. The summed E-state index contributed by atoms with van der Waals surface area (Å²) in [4.78, 5) is 4.45. The Morgan fingerprint density at radius 2 is 2.05 bits per heavy atom. The van der Waals surface area contributed by atoms with Crippen LogP contribution in [0.1, 0.15) is 49.0 Å². The minimum Gasteiger partial charge on any atom is -0.310 e. The first-order chi connectivity index (χ1) is 10.2. The molecule has 0 aliphatic carbocycles. The molecule has 4 heteroatoms. The maximum absolute atomic E-state index is 4.45. The molecule has 0 aliphatic heterocycles. The number of aromatic nitrogens is 3. The lowest BCUT2D eigenvalue weighted by molar-refractivity contribution is 0.516. The molecule has 0 spiro atoms. The van der Waals surface area contributed by atoms with E-state index >= 15 is 0 Å². The topological polar surface area (TPSA) is 50.7 Å². The molecule has 0 fully saturated rings.